The topological polar surface area (TPSA) is 63.3 Å². The number of hydrogen-bond donors (Lipinski definition) is 1. The van der Waals surface area contributed by atoms with Gasteiger partial charge in [-0.2, -0.15) is 5.10 Å². The van der Waals surface area contributed by atoms with Crippen LogP contribution in [0.1, 0.15) is 35.5 Å². The molecule has 7 heteroatoms. The van der Waals surface area contributed by atoms with Crippen LogP contribution in [0.3, 0.4) is 0 Å². The average Bonchev–Trinajstić information content (AvgIpc) is 3.35. The molecule has 0 atom stereocenters. The summed E-state index contributed by atoms with van der Waals surface area (Å²) in [7, 11) is 0. The van der Waals surface area contributed by atoms with Crippen molar-refractivity contribution in [2.24, 2.45) is 0 Å². The number of rotatable bonds is 6. The molecule has 3 aromatic rings. The van der Waals surface area contributed by atoms with E-state index in [1.807, 2.05) is 31.2 Å². The van der Waals surface area contributed by atoms with Gasteiger partial charge in [-0.3, -0.25) is 4.79 Å². The van der Waals surface area contributed by atoms with E-state index in [-0.39, 0.29) is 5.91 Å². The van der Waals surface area contributed by atoms with E-state index >= 15 is 0 Å². The maximum atomic E-state index is 13.0. The highest BCUT2D eigenvalue weighted by Gasteiger charge is 2.19. The van der Waals surface area contributed by atoms with Gasteiger partial charge in [-0.15, -0.1) is 0 Å². The second kappa shape index (κ2) is 8.84. The number of furan rings is 1. The lowest BCUT2D eigenvalue weighted by atomic mass is 10.1. The number of piperidine rings is 1. The number of nitrogens with one attached hydrogen (secondary N) is 1. The molecule has 1 fully saturated rings. The first-order valence-electron chi connectivity index (χ1n) is 10.0. The second-order valence-corrected chi connectivity index (χ2v) is 7.81. The summed E-state index contributed by atoms with van der Waals surface area (Å²) in [5, 5.41) is 8.24. The summed E-state index contributed by atoms with van der Waals surface area (Å²) in [4.78, 5) is 15.4. The SMILES string of the molecule is Cc1ccc(-c2cc(C(=O)NCCN3CCCCC3)n(-c3cccc(Cl)c3)n2)o1. The molecule has 0 radical (unpaired) electrons. The third-order valence-corrected chi connectivity index (χ3v) is 5.38. The zero-order valence-corrected chi connectivity index (χ0v) is 17.3. The Bertz CT molecular complexity index is 988. The number of halogens is 1. The number of hydrogen-bond acceptors (Lipinski definition) is 4. The first-order chi connectivity index (χ1) is 14.1. The summed E-state index contributed by atoms with van der Waals surface area (Å²) in [6.45, 7) is 5.57. The van der Waals surface area contributed by atoms with Crippen molar-refractivity contribution in [3.8, 4) is 17.1 Å². The van der Waals surface area contributed by atoms with Gasteiger partial charge in [0.15, 0.2) is 5.76 Å². The lowest BCUT2D eigenvalue weighted by Gasteiger charge is -2.26. The Hall–Kier alpha value is -2.57. The number of aromatic nitrogens is 2. The fraction of sp³-hybridized carbons (Fsp3) is 0.364. The van der Waals surface area contributed by atoms with E-state index in [1.165, 1.54) is 19.3 Å². The van der Waals surface area contributed by atoms with Crippen LogP contribution in [0.5, 0.6) is 0 Å². The summed E-state index contributed by atoms with van der Waals surface area (Å²) in [5.41, 5.74) is 1.79. The number of aryl methyl sites for hydroxylation is 1. The minimum atomic E-state index is -0.163. The molecule has 0 spiro atoms. The molecule has 1 amide bonds. The zero-order chi connectivity index (χ0) is 20.2. The Balaban J connectivity index is 1.56. The molecule has 152 valence electrons. The molecular weight excluding hydrogens is 388 g/mol. The van der Waals surface area contributed by atoms with Crippen molar-refractivity contribution in [1.29, 1.82) is 0 Å². The molecular formula is C22H25ClN4O2. The molecule has 1 N–H and O–H groups in total. The highest BCUT2D eigenvalue weighted by Crippen LogP contribution is 2.24. The quantitative estimate of drug-likeness (QED) is 0.655. The van der Waals surface area contributed by atoms with Crippen molar-refractivity contribution in [2.45, 2.75) is 26.2 Å². The Kier molecular flexibility index (Phi) is 6.02. The third-order valence-electron chi connectivity index (χ3n) is 5.15. The zero-order valence-electron chi connectivity index (χ0n) is 16.5. The molecule has 0 unspecified atom stereocenters. The van der Waals surface area contributed by atoms with E-state index in [1.54, 1.807) is 22.9 Å². The normalized spacial score (nSPS) is 14.8. The van der Waals surface area contributed by atoms with Gasteiger partial charge in [0.1, 0.15) is 17.1 Å². The average molecular weight is 413 g/mol. The van der Waals surface area contributed by atoms with E-state index < -0.39 is 0 Å². The van der Waals surface area contributed by atoms with Gasteiger partial charge in [0.2, 0.25) is 0 Å². The largest absolute Gasteiger partial charge is 0.460 e. The van der Waals surface area contributed by atoms with Gasteiger partial charge in [-0.25, -0.2) is 4.68 Å². The molecule has 1 aromatic carbocycles. The first-order valence-corrected chi connectivity index (χ1v) is 10.4. The molecule has 0 aliphatic carbocycles. The van der Waals surface area contributed by atoms with E-state index in [4.69, 9.17) is 16.0 Å². The number of carbonyl (C=O) groups is 1. The predicted octanol–water partition coefficient (Wildman–Crippen LogP) is 4.31. The molecule has 4 rings (SSSR count). The lowest BCUT2D eigenvalue weighted by Crippen LogP contribution is -2.38. The van der Waals surface area contributed by atoms with Crippen LogP contribution in [0.15, 0.2) is 46.9 Å². The maximum absolute atomic E-state index is 13.0. The minimum absolute atomic E-state index is 0.163. The fourth-order valence-electron chi connectivity index (χ4n) is 3.64. The number of amides is 1. The summed E-state index contributed by atoms with van der Waals surface area (Å²) in [6.07, 6.45) is 3.78. The summed E-state index contributed by atoms with van der Waals surface area (Å²) >= 11 is 6.16. The third kappa shape index (κ3) is 4.71. The number of nitrogens with zero attached hydrogens (tertiary/aromatic N) is 3. The standard InChI is InChI=1S/C22H25ClN4O2/c1-16-8-9-21(29-16)19-15-20(27(25-19)18-7-5-6-17(23)14-18)22(28)24-10-13-26-11-3-2-4-12-26/h5-9,14-15H,2-4,10-13H2,1H3,(H,24,28). The Morgan fingerprint density at radius 3 is 2.72 bits per heavy atom. The van der Waals surface area contributed by atoms with Crippen LogP contribution >= 0.6 is 11.6 Å². The maximum Gasteiger partial charge on any atom is 0.270 e. The molecule has 0 bridgehead atoms. The Morgan fingerprint density at radius 2 is 2.00 bits per heavy atom. The first kappa shape index (κ1) is 19.7. The van der Waals surface area contributed by atoms with Gasteiger partial charge < -0.3 is 14.6 Å². The van der Waals surface area contributed by atoms with Gasteiger partial charge >= 0.3 is 0 Å². The van der Waals surface area contributed by atoms with Crippen LogP contribution < -0.4 is 5.32 Å². The predicted molar refractivity (Wildman–Crippen MR) is 114 cm³/mol. The van der Waals surface area contributed by atoms with Crippen LogP contribution in [0.2, 0.25) is 5.02 Å². The smallest absolute Gasteiger partial charge is 0.270 e. The highest BCUT2D eigenvalue weighted by atomic mass is 35.5. The van der Waals surface area contributed by atoms with Gasteiger partial charge in [0.25, 0.3) is 5.91 Å². The number of likely N-dealkylation sites (tertiary alicyclic amines) is 1. The molecule has 2 aromatic heterocycles. The van der Waals surface area contributed by atoms with Crippen LogP contribution in [-0.2, 0) is 0 Å². The second-order valence-electron chi connectivity index (χ2n) is 7.37. The van der Waals surface area contributed by atoms with Gasteiger partial charge in [0, 0.05) is 24.2 Å². The Labute approximate surface area is 175 Å². The van der Waals surface area contributed by atoms with Crippen molar-refractivity contribution >= 4 is 17.5 Å². The van der Waals surface area contributed by atoms with Crippen molar-refractivity contribution in [3.63, 3.8) is 0 Å². The van der Waals surface area contributed by atoms with Crippen molar-refractivity contribution < 1.29 is 9.21 Å². The van der Waals surface area contributed by atoms with Crippen LogP contribution in [-0.4, -0.2) is 46.8 Å². The molecule has 1 saturated heterocycles. The van der Waals surface area contributed by atoms with Crippen LogP contribution in [0.25, 0.3) is 17.1 Å². The van der Waals surface area contributed by atoms with Crippen molar-refractivity contribution in [1.82, 2.24) is 20.0 Å². The van der Waals surface area contributed by atoms with E-state index in [0.29, 0.717) is 28.7 Å². The van der Waals surface area contributed by atoms with Crippen LogP contribution in [0, 0.1) is 6.92 Å². The molecule has 0 saturated carbocycles. The Morgan fingerprint density at radius 1 is 1.17 bits per heavy atom. The van der Waals surface area contributed by atoms with E-state index in [9.17, 15) is 4.79 Å². The minimum Gasteiger partial charge on any atom is -0.460 e. The lowest BCUT2D eigenvalue weighted by molar-refractivity contribution is 0.0939. The molecule has 6 nitrogen and oxygen atoms in total. The number of carbonyl (C=O) groups excluding carboxylic acids is 1. The monoisotopic (exact) mass is 412 g/mol. The summed E-state index contributed by atoms with van der Waals surface area (Å²) < 4.78 is 7.32. The van der Waals surface area contributed by atoms with Gasteiger partial charge in [-0.1, -0.05) is 24.1 Å². The fourth-order valence-corrected chi connectivity index (χ4v) is 3.83. The highest BCUT2D eigenvalue weighted by molar-refractivity contribution is 6.30. The van der Waals surface area contributed by atoms with Crippen LogP contribution in [0.4, 0.5) is 0 Å². The molecule has 1 aliphatic heterocycles. The van der Waals surface area contributed by atoms with Crippen molar-refractivity contribution in [2.75, 3.05) is 26.2 Å². The molecule has 1 aliphatic rings. The number of benzene rings is 1. The molecule has 29 heavy (non-hydrogen) atoms. The summed E-state index contributed by atoms with van der Waals surface area (Å²) in [5.74, 6) is 1.26. The molecule has 3 heterocycles. The van der Waals surface area contributed by atoms with E-state index in [0.717, 1.165) is 31.1 Å². The van der Waals surface area contributed by atoms with Gasteiger partial charge in [0.05, 0.1) is 5.69 Å². The summed E-state index contributed by atoms with van der Waals surface area (Å²) in [6, 6.07) is 12.8. The van der Waals surface area contributed by atoms with E-state index in [2.05, 4.69) is 15.3 Å². The van der Waals surface area contributed by atoms with Crippen molar-refractivity contribution in [3.05, 3.63) is 58.9 Å². The van der Waals surface area contributed by atoms with Gasteiger partial charge in [-0.05, 0) is 63.2 Å².